The number of phenols is 2. The van der Waals surface area contributed by atoms with Gasteiger partial charge < -0.3 is 14.6 Å². The van der Waals surface area contributed by atoms with Gasteiger partial charge in [0.2, 0.25) is 5.78 Å². The number of rotatable bonds is 0. The standard InChI is InChI=1S/C22H15NO7S/c1-22-3-2-14(24)12-8-30-20(15(12)22)18(26)11-6-9-10(7-13(11)22)17(25)16-21(19(9)27)31(28,29)5-4-23-16/h4,6-8,25,27H,2-3,5H2,1H3. The van der Waals surface area contributed by atoms with Crippen molar-refractivity contribution in [1.29, 1.82) is 0 Å². The minimum atomic E-state index is -3.89. The number of benzene rings is 2. The number of hydrogen-bond acceptors (Lipinski definition) is 8. The normalized spacial score (nSPS) is 22.9. The predicted octanol–water partition coefficient (Wildman–Crippen LogP) is 3.16. The second-order valence-corrected chi connectivity index (χ2v) is 10.3. The fourth-order valence-electron chi connectivity index (χ4n) is 5.12. The van der Waals surface area contributed by atoms with Crippen LogP contribution in [0.4, 0.5) is 5.69 Å². The van der Waals surface area contributed by atoms with Gasteiger partial charge in [0.1, 0.15) is 22.6 Å². The molecule has 2 heterocycles. The monoisotopic (exact) mass is 437 g/mol. The van der Waals surface area contributed by atoms with Crippen molar-refractivity contribution in [2.45, 2.75) is 30.1 Å². The van der Waals surface area contributed by atoms with Gasteiger partial charge in [0.25, 0.3) is 0 Å². The average molecular weight is 437 g/mol. The Kier molecular flexibility index (Phi) is 3.20. The molecule has 0 spiro atoms. The summed E-state index contributed by atoms with van der Waals surface area (Å²) >= 11 is 0. The summed E-state index contributed by atoms with van der Waals surface area (Å²) in [4.78, 5) is 29.1. The van der Waals surface area contributed by atoms with Crippen LogP contribution >= 0.6 is 0 Å². The maximum Gasteiger partial charge on any atom is 0.228 e. The smallest absolute Gasteiger partial charge is 0.228 e. The Balaban J connectivity index is 1.75. The quantitative estimate of drug-likeness (QED) is 0.516. The zero-order valence-electron chi connectivity index (χ0n) is 16.2. The van der Waals surface area contributed by atoms with Crippen LogP contribution in [-0.4, -0.2) is 42.2 Å². The molecule has 0 radical (unpaired) electrons. The maximum absolute atomic E-state index is 13.2. The Morgan fingerprint density at radius 3 is 2.61 bits per heavy atom. The Morgan fingerprint density at radius 1 is 1.10 bits per heavy atom. The predicted molar refractivity (Wildman–Crippen MR) is 110 cm³/mol. The largest absolute Gasteiger partial charge is 0.506 e. The van der Waals surface area contributed by atoms with Crippen LogP contribution in [0.2, 0.25) is 0 Å². The molecule has 2 aromatic carbocycles. The van der Waals surface area contributed by atoms with E-state index in [1.165, 1.54) is 18.5 Å². The Bertz CT molecular complexity index is 1540. The highest BCUT2D eigenvalue weighted by atomic mass is 32.2. The Labute approximate surface area is 175 Å². The number of phenolic OH excluding ortho intramolecular Hbond substituents is 2. The number of fused-ring (bicyclic) bond motifs is 4. The number of carbonyl (C=O) groups excluding carboxylic acids is 2. The molecule has 2 aliphatic carbocycles. The van der Waals surface area contributed by atoms with E-state index in [4.69, 9.17) is 4.42 Å². The second kappa shape index (κ2) is 5.42. The highest BCUT2D eigenvalue weighted by Crippen LogP contribution is 2.54. The summed E-state index contributed by atoms with van der Waals surface area (Å²) in [6.07, 6.45) is 3.20. The first-order valence-corrected chi connectivity index (χ1v) is 11.3. The summed E-state index contributed by atoms with van der Waals surface area (Å²) < 4.78 is 30.5. The molecule has 1 aromatic heterocycles. The number of aromatic hydroxyl groups is 2. The third kappa shape index (κ3) is 2.04. The lowest BCUT2D eigenvalue weighted by Crippen LogP contribution is -2.37. The van der Waals surface area contributed by atoms with Crippen LogP contribution in [0.25, 0.3) is 10.8 Å². The molecule has 9 heteroatoms. The number of Topliss-reactive ketones (excluding diaryl/α,β-unsaturated/α-hetero) is 1. The van der Waals surface area contributed by atoms with E-state index in [2.05, 4.69) is 4.99 Å². The summed E-state index contributed by atoms with van der Waals surface area (Å²) in [5.41, 5.74) is 0.830. The molecule has 0 bridgehead atoms. The number of hydrogen-bond donors (Lipinski definition) is 2. The van der Waals surface area contributed by atoms with Gasteiger partial charge in [0.05, 0.1) is 11.3 Å². The van der Waals surface area contributed by atoms with Gasteiger partial charge in [0.15, 0.2) is 27.1 Å². The highest BCUT2D eigenvalue weighted by Gasteiger charge is 2.48. The third-order valence-corrected chi connectivity index (χ3v) is 8.28. The van der Waals surface area contributed by atoms with E-state index in [-0.39, 0.29) is 45.7 Å². The van der Waals surface area contributed by atoms with Crippen LogP contribution in [0.15, 0.2) is 32.7 Å². The number of sulfone groups is 1. The first-order chi connectivity index (χ1) is 14.6. The van der Waals surface area contributed by atoms with Crippen LogP contribution in [0.5, 0.6) is 11.5 Å². The molecule has 2 N–H and O–H groups in total. The molecule has 8 nitrogen and oxygen atoms in total. The number of nitrogens with zero attached hydrogens (tertiary/aromatic N) is 1. The van der Waals surface area contributed by atoms with E-state index in [9.17, 15) is 28.2 Å². The van der Waals surface area contributed by atoms with Gasteiger partial charge in [0, 0.05) is 39.9 Å². The molecule has 31 heavy (non-hydrogen) atoms. The maximum atomic E-state index is 13.2. The zero-order chi connectivity index (χ0) is 21.9. The molecule has 1 aliphatic heterocycles. The van der Waals surface area contributed by atoms with Gasteiger partial charge >= 0.3 is 0 Å². The van der Waals surface area contributed by atoms with E-state index in [0.29, 0.717) is 23.1 Å². The van der Waals surface area contributed by atoms with Crippen LogP contribution in [0.3, 0.4) is 0 Å². The average Bonchev–Trinajstić information content (AvgIpc) is 3.19. The fourth-order valence-corrected chi connectivity index (χ4v) is 6.41. The van der Waals surface area contributed by atoms with Crippen molar-refractivity contribution in [3.8, 4) is 11.5 Å². The molecule has 1 atom stereocenters. The topological polar surface area (TPSA) is 134 Å². The Morgan fingerprint density at radius 2 is 1.84 bits per heavy atom. The van der Waals surface area contributed by atoms with E-state index in [1.54, 1.807) is 6.07 Å². The van der Waals surface area contributed by atoms with Gasteiger partial charge in [-0.1, -0.05) is 6.92 Å². The Hall–Kier alpha value is -3.46. The van der Waals surface area contributed by atoms with Gasteiger partial charge in [-0.05, 0) is 24.1 Å². The number of furan rings is 1. The van der Waals surface area contributed by atoms with Gasteiger partial charge in [-0.2, -0.15) is 0 Å². The molecule has 0 fully saturated rings. The van der Waals surface area contributed by atoms with Crippen LogP contribution in [0, 0.1) is 0 Å². The fraction of sp³-hybridized carbons (Fsp3) is 0.227. The van der Waals surface area contributed by atoms with Crippen molar-refractivity contribution in [2.75, 3.05) is 5.75 Å². The van der Waals surface area contributed by atoms with E-state index < -0.39 is 37.4 Å². The molecule has 0 saturated carbocycles. The van der Waals surface area contributed by atoms with Crippen molar-refractivity contribution in [3.05, 3.63) is 46.4 Å². The lowest BCUT2D eigenvalue weighted by atomic mass is 9.62. The number of ketones is 2. The summed E-state index contributed by atoms with van der Waals surface area (Å²) in [5.74, 6) is -1.79. The van der Waals surface area contributed by atoms with Crippen LogP contribution < -0.4 is 0 Å². The molecule has 0 amide bonds. The first kappa shape index (κ1) is 18.3. The molecule has 6 rings (SSSR count). The molecule has 3 aliphatic rings. The molecule has 156 valence electrons. The minimum Gasteiger partial charge on any atom is -0.506 e. The molecular formula is C22H15NO7S. The second-order valence-electron chi connectivity index (χ2n) is 8.35. The summed E-state index contributed by atoms with van der Waals surface area (Å²) in [7, 11) is -3.89. The van der Waals surface area contributed by atoms with E-state index in [0.717, 1.165) is 0 Å². The van der Waals surface area contributed by atoms with Crippen molar-refractivity contribution in [2.24, 2.45) is 4.99 Å². The van der Waals surface area contributed by atoms with Crippen molar-refractivity contribution in [3.63, 3.8) is 0 Å². The van der Waals surface area contributed by atoms with Gasteiger partial charge in [-0.3, -0.25) is 14.6 Å². The highest BCUT2D eigenvalue weighted by molar-refractivity contribution is 7.92. The summed E-state index contributed by atoms with van der Waals surface area (Å²) in [6.45, 7) is 1.91. The number of carbonyl (C=O) groups is 2. The van der Waals surface area contributed by atoms with E-state index in [1.807, 2.05) is 6.92 Å². The van der Waals surface area contributed by atoms with Crippen molar-refractivity contribution < 1.29 is 32.6 Å². The van der Waals surface area contributed by atoms with Gasteiger partial charge in [-0.25, -0.2) is 8.42 Å². The molecular weight excluding hydrogens is 422 g/mol. The van der Waals surface area contributed by atoms with Crippen molar-refractivity contribution >= 4 is 44.1 Å². The molecule has 3 aromatic rings. The summed E-state index contributed by atoms with van der Waals surface area (Å²) in [5, 5.41) is 21.9. The van der Waals surface area contributed by atoms with Crippen LogP contribution in [0.1, 0.15) is 57.4 Å². The SMILES string of the molecule is CC12CCC(=O)c3coc(c31)C(=O)c1cc3c(O)c4c(c(O)c3cc12)N=CCS4(=O)=O. The lowest BCUT2D eigenvalue weighted by Gasteiger charge is -2.38. The van der Waals surface area contributed by atoms with Crippen molar-refractivity contribution in [1.82, 2.24) is 0 Å². The van der Waals surface area contributed by atoms with Crippen LogP contribution in [-0.2, 0) is 15.3 Å². The molecule has 0 saturated heterocycles. The third-order valence-electron chi connectivity index (χ3n) is 6.69. The number of aliphatic imine (C=N–C) groups is 1. The zero-order valence-corrected chi connectivity index (χ0v) is 17.0. The minimum absolute atomic E-state index is 0.0368. The molecule has 1 unspecified atom stereocenters. The first-order valence-electron chi connectivity index (χ1n) is 9.66. The van der Waals surface area contributed by atoms with Gasteiger partial charge in [-0.15, -0.1) is 0 Å². The summed E-state index contributed by atoms with van der Waals surface area (Å²) in [6, 6.07) is 2.98. The lowest BCUT2D eigenvalue weighted by molar-refractivity contribution is 0.0958. The van der Waals surface area contributed by atoms with E-state index >= 15 is 0 Å².